The Morgan fingerprint density at radius 1 is 0.848 bits per heavy atom. The quantitative estimate of drug-likeness (QED) is 0.664. The molecule has 1 fully saturated rings. The van der Waals surface area contributed by atoms with Gasteiger partial charge in [0.25, 0.3) is 0 Å². The highest BCUT2D eigenvalue weighted by Crippen LogP contribution is 2.25. The van der Waals surface area contributed by atoms with Gasteiger partial charge >= 0.3 is 0 Å². The second-order valence-electron chi connectivity index (χ2n) is 9.16. The Morgan fingerprint density at radius 3 is 1.91 bits per heavy atom. The Bertz CT molecular complexity index is 1180. The van der Waals surface area contributed by atoms with Crippen molar-refractivity contribution in [2.45, 2.75) is 48.9 Å². The topological polar surface area (TPSA) is 104 Å². The maximum atomic E-state index is 13.0. The summed E-state index contributed by atoms with van der Waals surface area (Å²) >= 11 is 0. The van der Waals surface area contributed by atoms with E-state index in [1.807, 2.05) is 12.1 Å². The minimum absolute atomic E-state index is 0.0764. The summed E-state index contributed by atoms with van der Waals surface area (Å²) in [5, 5.41) is 0. The van der Waals surface area contributed by atoms with Crippen molar-refractivity contribution in [3.05, 3.63) is 60.2 Å². The molecule has 0 saturated carbocycles. The molecule has 1 atom stereocenters. The van der Waals surface area contributed by atoms with Gasteiger partial charge < -0.3 is 4.90 Å². The van der Waals surface area contributed by atoms with Crippen LogP contribution >= 0.6 is 0 Å². The fourth-order valence-corrected chi connectivity index (χ4v) is 6.29. The largest absolute Gasteiger partial charge is 0.339 e. The number of sulfonamides is 2. The average Bonchev–Trinajstić information content (AvgIpc) is 2.78. The smallest absolute Gasteiger partial charge is 0.243 e. The average molecular weight is 494 g/mol. The van der Waals surface area contributed by atoms with Crippen LogP contribution < -0.4 is 4.72 Å². The lowest BCUT2D eigenvalue weighted by molar-refractivity contribution is -0.133. The van der Waals surface area contributed by atoms with Crippen LogP contribution in [-0.4, -0.2) is 64.2 Å². The molecule has 1 aliphatic rings. The lowest BCUT2D eigenvalue weighted by Crippen LogP contribution is -2.55. The number of hydrogen-bond acceptors (Lipinski definition) is 5. The summed E-state index contributed by atoms with van der Waals surface area (Å²) < 4.78 is 54.8. The molecule has 1 N–H and O–H groups in total. The molecule has 10 heteroatoms. The molecule has 0 aromatic heterocycles. The number of carbonyl (C=O) groups excluding carboxylic acids is 1. The highest BCUT2D eigenvalue weighted by Gasteiger charge is 2.33. The molecule has 8 nitrogen and oxygen atoms in total. The van der Waals surface area contributed by atoms with Crippen LogP contribution in [0.5, 0.6) is 0 Å². The zero-order chi connectivity index (χ0) is 24.4. The fraction of sp³-hybridized carbons (Fsp3) is 0.435. The van der Waals surface area contributed by atoms with E-state index in [9.17, 15) is 21.6 Å². The summed E-state index contributed by atoms with van der Waals surface area (Å²) in [7, 11) is -7.51. The summed E-state index contributed by atoms with van der Waals surface area (Å²) in [5.74, 6) is -0.388. The van der Waals surface area contributed by atoms with Gasteiger partial charge in [-0.25, -0.2) is 16.8 Å². The van der Waals surface area contributed by atoms with Crippen LogP contribution in [0, 0.1) is 0 Å². The third kappa shape index (κ3) is 5.81. The molecular weight excluding hydrogens is 462 g/mol. The molecular formula is C23H31N3O5S2. The van der Waals surface area contributed by atoms with Crippen molar-refractivity contribution in [3.63, 3.8) is 0 Å². The van der Waals surface area contributed by atoms with Crippen LogP contribution in [0.15, 0.2) is 64.4 Å². The van der Waals surface area contributed by atoms with Crippen LogP contribution in [0.2, 0.25) is 0 Å². The minimum Gasteiger partial charge on any atom is -0.339 e. The van der Waals surface area contributed by atoms with Gasteiger partial charge in [0.1, 0.15) is 0 Å². The molecule has 2 aromatic rings. The van der Waals surface area contributed by atoms with E-state index >= 15 is 0 Å². The van der Waals surface area contributed by atoms with Crippen molar-refractivity contribution in [2.75, 3.05) is 26.2 Å². The van der Waals surface area contributed by atoms with Crippen LogP contribution in [0.25, 0.3) is 0 Å². The molecule has 180 valence electrons. The molecule has 2 aromatic carbocycles. The van der Waals surface area contributed by atoms with E-state index in [1.54, 1.807) is 30.3 Å². The molecule has 3 rings (SSSR count). The van der Waals surface area contributed by atoms with Crippen molar-refractivity contribution in [2.24, 2.45) is 0 Å². The molecule has 1 aliphatic heterocycles. The molecule has 33 heavy (non-hydrogen) atoms. The highest BCUT2D eigenvalue weighted by molar-refractivity contribution is 7.89. The Kier molecular flexibility index (Phi) is 7.33. The Hall–Kier alpha value is -2.27. The number of hydrogen-bond donors (Lipinski definition) is 1. The normalized spacial score (nSPS) is 17.0. The SMILES string of the molecule is C[C@H](NS(=O)(=O)c1ccccc1)C(=O)N1CCN(S(=O)(=O)c2ccc(C(C)(C)C)cc2)CC1. The van der Waals surface area contributed by atoms with E-state index in [0.29, 0.717) is 0 Å². The predicted molar refractivity (Wildman–Crippen MR) is 127 cm³/mol. The van der Waals surface area contributed by atoms with Gasteiger partial charge in [0.15, 0.2) is 0 Å². The van der Waals surface area contributed by atoms with Crippen molar-refractivity contribution >= 4 is 26.0 Å². The van der Waals surface area contributed by atoms with Crippen molar-refractivity contribution < 1.29 is 21.6 Å². The first kappa shape index (κ1) is 25.4. The molecule has 1 amide bonds. The Morgan fingerprint density at radius 2 is 1.39 bits per heavy atom. The number of nitrogens with zero attached hydrogens (tertiary/aromatic N) is 2. The molecule has 0 unspecified atom stereocenters. The first-order valence-corrected chi connectivity index (χ1v) is 13.7. The predicted octanol–water partition coefficient (Wildman–Crippen LogP) is 2.18. The first-order chi connectivity index (χ1) is 15.3. The van der Waals surface area contributed by atoms with E-state index in [-0.39, 0.29) is 47.3 Å². The monoisotopic (exact) mass is 493 g/mol. The molecule has 0 radical (unpaired) electrons. The Balaban J connectivity index is 1.62. The van der Waals surface area contributed by atoms with Gasteiger partial charge in [-0.1, -0.05) is 51.1 Å². The van der Waals surface area contributed by atoms with Gasteiger partial charge in [0, 0.05) is 26.2 Å². The number of carbonyl (C=O) groups is 1. The Labute approximate surface area is 196 Å². The van der Waals surface area contributed by atoms with Gasteiger partial charge in [-0.2, -0.15) is 9.03 Å². The third-order valence-corrected chi connectivity index (χ3v) is 9.13. The van der Waals surface area contributed by atoms with E-state index in [2.05, 4.69) is 25.5 Å². The number of amides is 1. The second kappa shape index (κ2) is 9.54. The first-order valence-electron chi connectivity index (χ1n) is 10.8. The molecule has 0 bridgehead atoms. The second-order valence-corrected chi connectivity index (χ2v) is 12.8. The van der Waals surface area contributed by atoms with E-state index in [1.165, 1.54) is 28.3 Å². The van der Waals surface area contributed by atoms with Crippen molar-refractivity contribution in [1.29, 1.82) is 0 Å². The molecule has 0 spiro atoms. The van der Waals surface area contributed by atoms with Gasteiger partial charge in [-0.05, 0) is 42.2 Å². The minimum atomic E-state index is -3.83. The van der Waals surface area contributed by atoms with Crippen LogP contribution in [0.1, 0.15) is 33.3 Å². The van der Waals surface area contributed by atoms with Crippen LogP contribution in [-0.2, 0) is 30.3 Å². The van der Waals surface area contributed by atoms with E-state index in [0.717, 1.165) is 5.56 Å². The molecule has 1 saturated heterocycles. The van der Waals surface area contributed by atoms with E-state index < -0.39 is 26.1 Å². The standard InChI is InChI=1S/C23H31N3O5S2/c1-18(24-32(28,29)20-8-6-5-7-9-20)22(27)25-14-16-26(17-15-25)33(30,31)21-12-10-19(11-13-21)23(2,3)4/h5-13,18,24H,14-17H2,1-4H3/t18-/m0/s1. The lowest BCUT2D eigenvalue weighted by Gasteiger charge is -2.35. The summed E-state index contributed by atoms with van der Waals surface area (Å²) in [4.78, 5) is 14.6. The van der Waals surface area contributed by atoms with Gasteiger partial charge in [0.05, 0.1) is 15.8 Å². The number of benzene rings is 2. The molecule has 1 heterocycles. The van der Waals surface area contributed by atoms with Gasteiger partial charge in [-0.15, -0.1) is 0 Å². The maximum absolute atomic E-state index is 13.0. The third-order valence-electron chi connectivity index (χ3n) is 5.66. The summed E-state index contributed by atoms with van der Waals surface area (Å²) in [6, 6.07) is 13.8. The maximum Gasteiger partial charge on any atom is 0.243 e. The summed E-state index contributed by atoms with van der Waals surface area (Å²) in [6.45, 7) is 8.35. The summed E-state index contributed by atoms with van der Waals surface area (Å²) in [5.41, 5.74) is 0.969. The van der Waals surface area contributed by atoms with Crippen LogP contribution in [0.3, 0.4) is 0 Å². The zero-order valence-electron chi connectivity index (χ0n) is 19.4. The lowest BCUT2D eigenvalue weighted by atomic mass is 9.87. The molecule has 0 aliphatic carbocycles. The van der Waals surface area contributed by atoms with Gasteiger partial charge in [0.2, 0.25) is 26.0 Å². The van der Waals surface area contributed by atoms with Crippen molar-refractivity contribution in [3.8, 4) is 0 Å². The summed E-state index contributed by atoms with van der Waals surface area (Å²) in [6.07, 6.45) is 0. The number of nitrogens with one attached hydrogen (secondary N) is 1. The fourth-order valence-electron chi connectivity index (χ4n) is 3.65. The zero-order valence-corrected chi connectivity index (χ0v) is 21.0. The van der Waals surface area contributed by atoms with Crippen LogP contribution in [0.4, 0.5) is 0 Å². The highest BCUT2D eigenvalue weighted by atomic mass is 32.2. The van der Waals surface area contributed by atoms with Crippen molar-refractivity contribution in [1.82, 2.24) is 13.9 Å². The van der Waals surface area contributed by atoms with Gasteiger partial charge in [-0.3, -0.25) is 4.79 Å². The number of piperazine rings is 1. The number of rotatable bonds is 6. The van der Waals surface area contributed by atoms with E-state index in [4.69, 9.17) is 0 Å².